The van der Waals surface area contributed by atoms with E-state index in [1.807, 2.05) is 24.3 Å². The van der Waals surface area contributed by atoms with Crippen LogP contribution in [0.15, 0.2) is 35.4 Å². The molecule has 0 fully saturated rings. The number of anilines is 1. The molecule has 0 saturated carbocycles. The number of rotatable bonds is 1. The maximum absolute atomic E-state index is 11.8. The molecule has 0 aliphatic carbocycles. The smallest absolute Gasteiger partial charge is 0.244 e. The Hall–Kier alpha value is -1.82. The zero-order valence-electron chi connectivity index (χ0n) is 8.18. The first-order valence-corrected chi connectivity index (χ1v) is 5.65. The van der Waals surface area contributed by atoms with Crippen molar-refractivity contribution in [2.24, 2.45) is 0 Å². The van der Waals surface area contributed by atoms with E-state index in [0.717, 1.165) is 10.6 Å². The van der Waals surface area contributed by atoms with Gasteiger partial charge >= 0.3 is 0 Å². The van der Waals surface area contributed by atoms with Gasteiger partial charge in [-0.05, 0) is 12.1 Å². The number of H-pyrrole nitrogens is 1. The Kier molecular flexibility index (Phi) is 2.14. The highest BCUT2D eigenvalue weighted by Gasteiger charge is 2.29. The van der Waals surface area contributed by atoms with Crippen LogP contribution in [0, 0.1) is 0 Å². The molecule has 2 aromatic rings. The van der Waals surface area contributed by atoms with Crippen LogP contribution in [0.4, 0.5) is 5.69 Å². The van der Waals surface area contributed by atoms with Crippen LogP contribution in [0.1, 0.15) is 10.9 Å². The number of nitrogens with one attached hydrogen (secondary N) is 2. The molecule has 2 N–H and O–H groups in total. The number of thioether (sulfide) groups is 1. The Bertz CT molecular complexity index is 525. The zero-order valence-corrected chi connectivity index (χ0v) is 8.99. The van der Waals surface area contributed by atoms with Gasteiger partial charge < -0.3 is 5.32 Å². The summed E-state index contributed by atoms with van der Waals surface area (Å²) >= 11 is 1.49. The molecular formula is C10H8N4OS. The SMILES string of the molecule is O=C1Nc2ccccc2SC1c1cn[nH]n1. The van der Waals surface area contributed by atoms with Crippen LogP contribution >= 0.6 is 11.8 Å². The van der Waals surface area contributed by atoms with Crippen LogP contribution in [-0.2, 0) is 4.79 Å². The number of para-hydroxylation sites is 1. The van der Waals surface area contributed by atoms with Crippen molar-refractivity contribution >= 4 is 23.4 Å². The van der Waals surface area contributed by atoms with Gasteiger partial charge in [0.25, 0.3) is 0 Å². The summed E-state index contributed by atoms with van der Waals surface area (Å²) in [4.78, 5) is 12.9. The zero-order chi connectivity index (χ0) is 11.0. The summed E-state index contributed by atoms with van der Waals surface area (Å²) in [5.41, 5.74) is 1.51. The van der Waals surface area contributed by atoms with Gasteiger partial charge in [0.2, 0.25) is 5.91 Å². The highest BCUT2D eigenvalue weighted by atomic mass is 32.2. The molecule has 0 saturated heterocycles. The summed E-state index contributed by atoms with van der Waals surface area (Å²) in [5, 5.41) is 12.7. The van der Waals surface area contributed by atoms with Crippen LogP contribution in [0.3, 0.4) is 0 Å². The Labute approximate surface area is 95.6 Å². The second-order valence-corrected chi connectivity index (χ2v) is 4.53. The van der Waals surface area contributed by atoms with Gasteiger partial charge in [-0.15, -0.1) is 11.8 Å². The standard InChI is InChI=1S/C10H8N4OS/c15-10-9(7-5-11-14-13-7)16-8-4-2-1-3-6(8)12-10/h1-5,9H,(H,12,15)(H,11,13,14). The van der Waals surface area contributed by atoms with Gasteiger partial charge in [-0.2, -0.15) is 15.4 Å². The van der Waals surface area contributed by atoms with Gasteiger partial charge in [0.1, 0.15) is 10.9 Å². The lowest BCUT2D eigenvalue weighted by molar-refractivity contribution is -0.116. The van der Waals surface area contributed by atoms with Crippen LogP contribution in [0.25, 0.3) is 0 Å². The van der Waals surface area contributed by atoms with E-state index in [9.17, 15) is 4.79 Å². The number of carbonyl (C=O) groups excluding carboxylic acids is 1. The first-order chi connectivity index (χ1) is 7.84. The molecule has 1 aliphatic heterocycles. The minimum atomic E-state index is -0.325. The highest BCUT2D eigenvalue weighted by Crippen LogP contribution is 2.42. The molecule has 0 radical (unpaired) electrons. The lowest BCUT2D eigenvalue weighted by atomic mass is 10.2. The number of amides is 1. The molecule has 1 amide bonds. The quantitative estimate of drug-likeness (QED) is 0.783. The maximum atomic E-state index is 11.8. The van der Waals surface area contributed by atoms with Crippen molar-refractivity contribution in [2.45, 2.75) is 10.1 Å². The number of aromatic amines is 1. The van der Waals surface area contributed by atoms with E-state index in [4.69, 9.17) is 0 Å². The minimum absolute atomic E-state index is 0.0578. The molecule has 3 rings (SSSR count). The second kappa shape index (κ2) is 3.64. The summed E-state index contributed by atoms with van der Waals surface area (Å²) in [6.45, 7) is 0. The van der Waals surface area contributed by atoms with E-state index < -0.39 is 0 Å². The molecule has 0 bridgehead atoms. The van der Waals surface area contributed by atoms with Gasteiger partial charge in [-0.1, -0.05) is 12.1 Å². The highest BCUT2D eigenvalue weighted by molar-refractivity contribution is 8.00. The minimum Gasteiger partial charge on any atom is -0.324 e. The molecule has 80 valence electrons. The molecule has 1 aliphatic rings. The van der Waals surface area contributed by atoms with E-state index in [1.165, 1.54) is 11.8 Å². The molecule has 1 atom stereocenters. The normalized spacial score (nSPS) is 19.0. The van der Waals surface area contributed by atoms with Gasteiger partial charge in [0, 0.05) is 4.90 Å². The number of benzene rings is 1. The third-order valence-electron chi connectivity index (χ3n) is 2.33. The van der Waals surface area contributed by atoms with E-state index in [2.05, 4.69) is 20.7 Å². The van der Waals surface area contributed by atoms with Crippen molar-refractivity contribution < 1.29 is 4.79 Å². The number of nitrogens with zero attached hydrogens (tertiary/aromatic N) is 2. The van der Waals surface area contributed by atoms with Crippen LogP contribution in [0.2, 0.25) is 0 Å². The van der Waals surface area contributed by atoms with E-state index in [-0.39, 0.29) is 11.2 Å². The molecule has 2 heterocycles. The summed E-state index contributed by atoms with van der Waals surface area (Å²) in [6.07, 6.45) is 1.57. The fraction of sp³-hybridized carbons (Fsp3) is 0.100. The third-order valence-corrected chi connectivity index (χ3v) is 3.63. The maximum Gasteiger partial charge on any atom is 0.244 e. The van der Waals surface area contributed by atoms with Crippen LogP contribution < -0.4 is 5.32 Å². The Morgan fingerprint density at radius 1 is 1.31 bits per heavy atom. The van der Waals surface area contributed by atoms with Crippen molar-refractivity contribution in [1.82, 2.24) is 15.4 Å². The Balaban J connectivity index is 1.98. The van der Waals surface area contributed by atoms with E-state index in [1.54, 1.807) is 6.20 Å². The molecule has 0 spiro atoms. The summed E-state index contributed by atoms with van der Waals surface area (Å²) in [6, 6.07) is 7.71. The molecule has 16 heavy (non-hydrogen) atoms. The van der Waals surface area contributed by atoms with Gasteiger partial charge in [0.15, 0.2) is 0 Å². The number of hydrogen-bond donors (Lipinski definition) is 2. The van der Waals surface area contributed by atoms with Crippen molar-refractivity contribution in [1.29, 1.82) is 0 Å². The van der Waals surface area contributed by atoms with Gasteiger partial charge in [-0.25, -0.2) is 0 Å². The van der Waals surface area contributed by atoms with Crippen LogP contribution in [0.5, 0.6) is 0 Å². The van der Waals surface area contributed by atoms with E-state index >= 15 is 0 Å². The number of aromatic nitrogens is 3. The predicted molar refractivity (Wildman–Crippen MR) is 60.1 cm³/mol. The monoisotopic (exact) mass is 232 g/mol. The van der Waals surface area contributed by atoms with Gasteiger partial charge in [0.05, 0.1) is 11.9 Å². The summed E-state index contributed by atoms with van der Waals surface area (Å²) in [7, 11) is 0. The van der Waals surface area contributed by atoms with Crippen molar-refractivity contribution in [3.05, 3.63) is 36.2 Å². The molecule has 6 heteroatoms. The van der Waals surface area contributed by atoms with Crippen molar-refractivity contribution in [3.63, 3.8) is 0 Å². The van der Waals surface area contributed by atoms with Crippen molar-refractivity contribution in [3.8, 4) is 0 Å². The Morgan fingerprint density at radius 2 is 2.19 bits per heavy atom. The molecule has 1 aromatic heterocycles. The fourth-order valence-electron chi connectivity index (χ4n) is 1.58. The Morgan fingerprint density at radius 3 is 3.00 bits per heavy atom. The van der Waals surface area contributed by atoms with Crippen LogP contribution in [-0.4, -0.2) is 21.3 Å². The number of hydrogen-bond acceptors (Lipinski definition) is 4. The summed E-state index contributed by atoms with van der Waals surface area (Å²) < 4.78 is 0. The molecule has 1 aromatic carbocycles. The lowest BCUT2D eigenvalue weighted by Gasteiger charge is -2.22. The number of fused-ring (bicyclic) bond motifs is 1. The average molecular weight is 232 g/mol. The first-order valence-electron chi connectivity index (χ1n) is 4.77. The topological polar surface area (TPSA) is 70.7 Å². The van der Waals surface area contributed by atoms with E-state index in [0.29, 0.717) is 5.69 Å². The van der Waals surface area contributed by atoms with Crippen molar-refractivity contribution in [2.75, 3.05) is 5.32 Å². The molecule has 1 unspecified atom stereocenters. The first kappa shape index (κ1) is 9.41. The molecule has 5 nitrogen and oxygen atoms in total. The average Bonchev–Trinajstić information content (AvgIpc) is 2.81. The number of carbonyl (C=O) groups is 1. The molecular weight excluding hydrogens is 224 g/mol. The third kappa shape index (κ3) is 1.47. The predicted octanol–water partition coefficient (Wildman–Crippen LogP) is 1.59. The lowest BCUT2D eigenvalue weighted by Crippen LogP contribution is -2.23. The largest absolute Gasteiger partial charge is 0.324 e. The van der Waals surface area contributed by atoms with Gasteiger partial charge in [-0.3, -0.25) is 4.79 Å². The second-order valence-electron chi connectivity index (χ2n) is 3.38. The summed E-state index contributed by atoms with van der Waals surface area (Å²) in [5.74, 6) is -0.0578. The fourth-order valence-corrected chi connectivity index (χ4v) is 2.64.